The van der Waals surface area contributed by atoms with E-state index in [2.05, 4.69) is 22.6 Å². The molecule has 7 nitrogen and oxygen atoms in total. The van der Waals surface area contributed by atoms with E-state index in [1.165, 1.54) is 5.40 Å². The van der Waals surface area contributed by atoms with Gasteiger partial charge in [-0.25, -0.2) is 5.26 Å². The van der Waals surface area contributed by atoms with E-state index in [1.807, 2.05) is 0 Å². The van der Waals surface area contributed by atoms with Gasteiger partial charge in [-0.3, -0.25) is 4.99 Å². The van der Waals surface area contributed by atoms with Crippen molar-refractivity contribution in [3.8, 4) is 5.40 Å². The van der Waals surface area contributed by atoms with Crippen molar-refractivity contribution in [2.24, 2.45) is 27.2 Å². The fourth-order valence-electron chi connectivity index (χ4n) is 0.338. The maximum Gasteiger partial charge on any atom is 2.00 e. The van der Waals surface area contributed by atoms with Crippen molar-refractivity contribution in [1.29, 1.82) is 5.26 Å². The normalized spacial score (nSPS) is 8.43. The van der Waals surface area contributed by atoms with Crippen LogP contribution >= 0.6 is 0 Å². The van der Waals surface area contributed by atoms with E-state index in [9.17, 15) is 0 Å². The molecule has 0 aromatic heterocycles. The molecule has 14 heavy (non-hydrogen) atoms. The van der Waals surface area contributed by atoms with E-state index < -0.39 is 0 Å². The molecule has 1 radical (unpaired) electrons. The van der Waals surface area contributed by atoms with Gasteiger partial charge in [0.25, 0.3) is 0 Å². The number of thiocyanates is 1. The van der Waals surface area contributed by atoms with Gasteiger partial charge in [0.2, 0.25) is 5.96 Å². The molecule has 83 valence electrons. The fraction of sp³-hybridized carbons (Fsp3) is 0.400. The molecule has 0 amide bonds. The first-order valence-corrected chi connectivity index (χ1v) is 3.54. The van der Waals surface area contributed by atoms with E-state index in [0.29, 0.717) is 6.54 Å². The monoisotopic (exact) mass is 264 g/mol. The number of nitrogens with two attached hydrogens (primary N) is 3. The summed E-state index contributed by atoms with van der Waals surface area (Å²) >= 11 is 3.70. The summed E-state index contributed by atoms with van der Waals surface area (Å²) < 4.78 is 0. The number of nitriles is 1. The van der Waals surface area contributed by atoms with Crippen molar-refractivity contribution in [1.82, 2.24) is 0 Å². The number of nitrogens with zero attached hydrogens (tertiary/aromatic N) is 3. The molecular weight excluding hydrogens is 254 g/mol. The quantitative estimate of drug-likeness (QED) is 0.185. The van der Waals surface area contributed by atoms with Crippen LogP contribution < -0.4 is 17.2 Å². The van der Waals surface area contributed by atoms with Crippen molar-refractivity contribution < 1.29 is 17.1 Å². The van der Waals surface area contributed by atoms with Gasteiger partial charge in [0.05, 0.1) is 0 Å². The number of aliphatic imine (C=N–C) groups is 2. The summed E-state index contributed by atoms with van der Waals surface area (Å²) in [6.07, 6.45) is 0. The molecule has 0 rings (SSSR count). The molecule has 0 aromatic carbocycles. The Bertz CT molecular complexity index is 217. The van der Waals surface area contributed by atoms with Gasteiger partial charge in [-0.05, 0) is 0 Å². The van der Waals surface area contributed by atoms with Crippen molar-refractivity contribution in [2.75, 3.05) is 13.1 Å². The van der Waals surface area contributed by atoms with Gasteiger partial charge in [-0.1, -0.05) is 5.40 Å². The Hall–Kier alpha value is -1.07. The van der Waals surface area contributed by atoms with E-state index in [-0.39, 0.29) is 35.5 Å². The number of nitrogens with one attached hydrogen (secondary N) is 1. The van der Waals surface area contributed by atoms with Gasteiger partial charge in [-0.2, -0.15) is 4.99 Å². The molecule has 0 aliphatic heterocycles. The Balaban J connectivity index is -0.000000267. The number of hydrogen-bond acceptors (Lipinski definition) is 3. The third-order valence-corrected chi connectivity index (χ3v) is 0.629. The summed E-state index contributed by atoms with van der Waals surface area (Å²) in [6, 6.07) is 0. The van der Waals surface area contributed by atoms with Crippen LogP contribution in [0.4, 0.5) is 0 Å². The van der Waals surface area contributed by atoms with Crippen LogP contribution in [0.5, 0.6) is 0 Å². The van der Waals surface area contributed by atoms with Crippen LogP contribution in [0.25, 0.3) is 5.73 Å². The Kier molecular flexibility index (Phi) is 19.3. The van der Waals surface area contributed by atoms with Crippen LogP contribution in [0.3, 0.4) is 0 Å². The van der Waals surface area contributed by atoms with E-state index in [1.54, 1.807) is 0 Å². The molecule has 0 aromatic rings. The predicted octanol–water partition coefficient (Wildman–Crippen LogP) is -1.36. The second-order valence-electron chi connectivity index (χ2n) is 1.62. The van der Waals surface area contributed by atoms with Gasteiger partial charge in [0.15, 0.2) is 5.96 Å². The van der Waals surface area contributed by atoms with Crippen LogP contribution in [0.15, 0.2) is 9.98 Å². The third-order valence-electron chi connectivity index (χ3n) is 0.629. The van der Waals surface area contributed by atoms with E-state index in [4.69, 9.17) is 28.2 Å². The fourth-order valence-corrected chi connectivity index (χ4v) is 0.338. The van der Waals surface area contributed by atoms with Crippen molar-refractivity contribution >= 4 is 24.5 Å². The number of rotatable bonds is 2. The Morgan fingerprint density at radius 3 is 2.14 bits per heavy atom. The molecule has 0 spiro atoms. The molecule has 0 aliphatic rings. The van der Waals surface area contributed by atoms with Crippen LogP contribution in [-0.4, -0.2) is 25.0 Å². The SMILES string of the molecule is N#C[S-].[Cu+2].[NH-]CCN=C(N)N=C(N)N. The topological polar surface area (TPSA) is 150 Å². The standard InChI is InChI=1S/C4H11N6.CHNS.Cu/c5-1-2-9-4(8)10-3(6)7;2-1-3;/h5H,1-2H2,(H6,6,7,8,9,10);3H;/q-1;;+2/p-1. The minimum Gasteiger partial charge on any atom is -0.696 e. The van der Waals surface area contributed by atoms with E-state index >= 15 is 0 Å². The summed E-state index contributed by atoms with van der Waals surface area (Å²) in [5.41, 5.74) is 21.9. The molecule has 0 saturated heterocycles. The van der Waals surface area contributed by atoms with Crippen LogP contribution in [-0.2, 0) is 29.7 Å². The summed E-state index contributed by atoms with van der Waals surface area (Å²) in [4.78, 5) is 7.07. The molecule has 9 heteroatoms. The van der Waals surface area contributed by atoms with Crippen molar-refractivity contribution in [3.63, 3.8) is 0 Å². The first-order chi connectivity index (χ1) is 6.08. The zero-order valence-corrected chi connectivity index (χ0v) is 8.96. The molecule has 0 atom stereocenters. The van der Waals surface area contributed by atoms with Gasteiger partial charge in [-0.15, -0.1) is 6.54 Å². The molecular formula is C5H11CuN7S. The summed E-state index contributed by atoms with van der Waals surface area (Å²) in [5.74, 6) is -0.0986. The van der Waals surface area contributed by atoms with E-state index in [0.717, 1.165) is 0 Å². The van der Waals surface area contributed by atoms with Crippen molar-refractivity contribution in [3.05, 3.63) is 5.73 Å². The largest absolute Gasteiger partial charge is 2.00 e. The Morgan fingerprint density at radius 1 is 1.43 bits per heavy atom. The van der Waals surface area contributed by atoms with Gasteiger partial charge in [0.1, 0.15) is 0 Å². The average molecular weight is 265 g/mol. The van der Waals surface area contributed by atoms with Crippen molar-refractivity contribution in [2.45, 2.75) is 0 Å². The summed E-state index contributed by atoms with van der Waals surface area (Å²) in [6.45, 7) is 0.503. The smallest absolute Gasteiger partial charge is 0.696 e. The van der Waals surface area contributed by atoms with Gasteiger partial charge in [0, 0.05) is 6.54 Å². The first kappa shape index (κ1) is 18.7. The zero-order valence-electron chi connectivity index (χ0n) is 7.20. The zero-order chi connectivity index (χ0) is 10.7. The second kappa shape index (κ2) is 14.5. The first-order valence-electron chi connectivity index (χ1n) is 3.13. The number of hydrogen-bond donors (Lipinski definition) is 3. The van der Waals surface area contributed by atoms with Gasteiger partial charge >= 0.3 is 17.1 Å². The summed E-state index contributed by atoms with van der Waals surface area (Å²) in [5, 5.41) is 8.47. The Labute approximate surface area is 98.5 Å². The number of guanidine groups is 2. The average Bonchev–Trinajstić information content (AvgIpc) is 2.01. The molecule has 0 fully saturated rings. The summed E-state index contributed by atoms with van der Waals surface area (Å²) in [7, 11) is 0. The predicted molar refractivity (Wildman–Crippen MR) is 54.5 cm³/mol. The molecule has 0 aliphatic carbocycles. The third kappa shape index (κ3) is 22.4. The molecule has 7 N–H and O–H groups in total. The second-order valence-corrected chi connectivity index (χ2v) is 1.80. The Morgan fingerprint density at radius 2 is 1.86 bits per heavy atom. The minimum absolute atomic E-state index is 0. The maximum absolute atomic E-state index is 7.13. The molecule has 0 bridgehead atoms. The molecule has 0 heterocycles. The maximum atomic E-state index is 7.13. The van der Waals surface area contributed by atoms with Crippen LogP contribution in [0.2, 0.25) is 0 Å². The molecule has 0 saturated carbocycles. The van der Waals surface area contributed by atoms with Crippen LogP contribution in [0.1, 0.15) is 0 Å². The van der Waals surface area contributed by atoms with Crippen LogP contribution in [0, 0.1) is 10.7 Å². The minimum atomic E-state index is -0.119. The van der Waals surface area contributed by atoms with Gasteiger partial charge < -0.3 is 35.6 Å². The molecule has 0 unspecified atom stereocenters.